The number of amides is 3. The normalized spacial score (nSPS) is 17.5. The molecule has 3 rings (SSSR count). The number of morpholine rings is 1. The van der Waals surface area contributed by atoms with Crippen LogP contribution in [0, 0.1) is 5.92 Å². The maximum Gasteiger partial charge on any atom is 0.407 e. The minimum absolute atomic E-state index is 0.00759. The lowest BCUT2D eigenvalue weighted by Crippen LogP contribution is -2.47. The summed E-state index contributed by atoms with van der Waals surface area (Å²) in [6.45, 7) is 4.40. The van der Waals surface area contributed by atoms with E-state index in [1.54, 1.807) is 0 Å². The predicted octanol–water partition coefficient (Wildman–Crippen LogP) is 1.79. The van der Waals surface area contributed by atoms with Gasteiger partial charge in [0.25, 0.3) is 0 Å². The third kappa shape index (κ3) is 6.73. The number of likely N-dealkylation sites (tertiary alicyclic amines) is 1. The lowest BCUT2D eigenvalue weighted by atomic mass is 9.95. The molecule has 8 heteroatoms. The van der Waals surface area contributed by atoms with E-state index in [1.165, 1.54) is 0 Å². The number of nitrogens with one attached hydrogen (secondary N) is 1. The fraction of sp³-hybridized carbons (Fsp3) is 0.591. The number of alkyl carbamates (subject to hydrolysis) is 1. The monoisotopic (exact) mass is 417 g/mol. The van der Waals surface area contributed by atoms with Crippen LogP contribution >= 0.6 is 0 Å². The van der Waals surface area contributed by atoms with Crippen molar-refractivity contribution in [3.63, 3.8) is 0 Å². The summed E-state index contributed by atoms with van der Waals surface area (Å²) < 4.78 is 10.4. The number of carbonyl (C=O) groups is 3. The van der Waals surface area contributed by atoms with E-state index in [1.807, 2.05) is 40.1 Å². The Morgan fingerprint density at radius 1 is 1.00 bits per heavy atom. The lowest BCUT2D eigenvalue weighted by Gasteiger charge is -2.35. The maximum absolute atomic E-state index is 12.6. The molecule has 3 amide bonds. The number of hydrogen-bond donors (Lipinski definition) is 1. The second-order valence-corrected chi connectivity index (χ2v) is 7.68. The van der Waals surface area contributed by atoms with Crippen LogP contribution in [0.25, 0.3) is 0 Å². The van der Waals surface area contributed by atoms with Gasteiger partial charge in [-0.2, -0.15) is 0 Å². The van der Waals surface area contributed by atoms with Crippen LogP contribution in [0.1, 0.15) is 31.2 Å². The highest BCUT2D eigenvalue weighted by Crippen LogP contribution is 2.21. The van der Waals surface area contributed by atoms with Crippen molar-refractivity contribution >= 4 is 17.9 Å². The molecule has 2 aliphatic heterocycles. The summed E-state index contributed by atoms with van der Waals surface area (Å²) in [6, 6.07) is 9.48. The van der Waals surface area contributed by atoms with E-state index in [0.717, 1.165) is 5.56 Å². The molecule has 0 unspecified atom stereocenters. The van der Waals surface area contributed by atoms with Gasteiger partial charge in [0.1, 0.15) is 6.61 Å². The van der Waals surface area contributed by atoms with Gasteiger partial charge in [0, 0.05) is 45.1 Å². The summed E-state index contributed by atoms with van der Waals surface area (Å²) in [5.74, 6) is 0.281. The van der Waals surface area contributed by atoms with Crippen LogP contribution in [-0.4, -0.2) is 73.6 Å². The van der Waals surface area contributed by atoms with Gasteiger partial charge in [-0.1, -0.05) is 30.3 Å². The van der Waals surface area contributed by atoms with Gasteiger partial charge in [0.05, 0.1) is 13.2 Å². The molecule has 0 aromatic heterocycles. The zero-order valence-electron chi connectivity index (χ0n) is 17.4. The highest BCUT2D eigenvalue weighted by molar-refractivity contribution is 5.80. The highest BCUT2D eigenvalue weighted by atomic mass is 16.5. The molecule has 0 bridgehead atoms. The van der Waals surface area contributed by atoms with Gasteiger partial charge in [0.2, 0.25) is 11.8 Å². The average molecular weight is 418 g/mol. The molecular weight excluding hydrogens is 386 g/mol. The smallest absolute Gasteiger partial charge is 0.407 e. The largest absolute Gasteiger partial charge is 0.445 e. The van der Waals surface area contributed by atoms with E-state index in [9.17, 15) is 14.4 Å². The number of nitrogens with zero attached hydrogens (tertiary/aromatic N) is 2. The SMILES string of the molecule is O=C(NCCCC(=O)N1CCC(C(=O)N2CCOCC2)CC1)OCc1ccccc1. The minimum Gasteiger partial charge on any atom is -0.445 e. The molecule has 2 heterocycles. The number of piperidine rings is 1. The zero-order chi connectivity index (χ0) is 21.2. The summed E-state index contributed by atoms with van der Waals surface area (Å²) in [5, 5.41) is 2.68. The van der Waals surface area contributed by atoms with E-state index in [4.69, 9.17) is 9.47 Å². The number of rotatable bonds is 7. The van der Waals surface area contributed by atoms with Gasteiger partial charge in [-0.15, -0.1) is 0 Å². The number of ether oxygens (including phenoxy) is 2. The van der Waals surface area contributed by atoms with Crippen LogP contribution in [0.5, 0.6) is 0 Å². The minimum atomic E-state index is -0.478. The van der Waals surface area contributed by atoms with E-state index in [0.29, 0.717) is 71.6 Å². The molecule has 0 aliphatic carbocycles. The van der Waals surface area contributed by atoms with Crippen molar-refractivity contribution in [3.05, 3.63) is 35.9 Å². The van der Waals surface area contributed by atoms with Gasteiger partial charge in [-0.05, 0) is 24.8 Å². The predicted molar refractivity (Wildman–Crippen MR) is 111 cm³/mol. The molecular formula is C22H31N3O5. The topological polar surface area (TPSA) is 88.2 Å². The average Bonchev–Trinajstić information content (AvgIpc) is 2.81. The number of carbonyl (C=O) groups excluding carboxylic acids is 3. The van der Waals surface area contributed by atoms with Crippen LogP contribution in [0.3, 0.4) is 0 Å². The standard InChI is InChI=1S/C22H31N3O5/c26-20(7-4-10-23-22(28)30-17-18-5-2-1-3-6-18)24-11-8-19(9-12-24)21(27)25-13-15-29-16-14-25/h1-3,5-6,19H,4,7-17H2,(H,23,28). The molecule has 0 radical (unpaired) electrons. The Kier molecular flexibility index (Phi) is 8.50. The van der Waals surface area contributed by atoms with Gasteiger partial charge < -0.3 is 24.6 Å². The molecule has 164 valence electrons. The first-order valence-corrected chi connectivity index (χ1v) is 10.7. The van der Waals surface area contributed by atoms with Gasteiger partial charge in [0.15, 0.2) is 0 Å². The van der Waals surface area contributed by atoms with Crippen molar-refractivity contribution in [1.29, 1.82) is 0 Å². The Bertz CT molecular complexity index is 698. The fourth-order valence-electron chi connectivity index (χ4n) is 3.78. The van der Waals surface area contributed by atoms with Crippen molar-refractivity contribution in [1.82, 2.24) is 15.1 Å². The molecule has 2 fully saturated rings. The Labute approximate surface area is 177 Å². The van der Waals surface area contributed by atoms with E-state index >= 15 is 0 Å². The maximum atomic E-state index is 12.6. The van der Waals surface area contributed by atoms with Gasteiger partial charge >= 0.3 is 6.09 Å². The highest BCUT2D eigenvalue weighted by Gasteiger charge is 2.30. The quantitative estimate of drug-likeness (QED) is 0.684. The van der Waals surface area contributed by atoms with Crippen molar-refractivity contribution in [2.75, 3.05) is 45.9 Å². The van der Waals surface area contributed by atoms with E-state index in [-0.39, 0.29) is 24.3 Å². The van der Waals surface area contributed by atoms with Gasteiger partial charge in [-0.3, -0.25) is 9.59 Å². The summed E-state index contributed by atoms with van der Waals surface area (Å²) in [6.07, 6.45) is 1.89. The Morgan fingerprint density at radius 2 is 1.70 bits per heavy atom. The fourth-order valence-corrected chi connectivity index (χ4v) is 3.78. The second kappa shape index (κ2) is 11.5. The third-order valence-corrected chi connectivity index (χ3v) is 5.57. The summed E-state index contributed by atoms with van der Waals surface area (Å²) in [4.78, 5) is 40.4. The van der Waals surface area contributed by atoms with Crippen molar-refractivity contribution in [2.24, 2.45) is 5.92 Å². The number of hydrogen-bond acceptors (Lipinski definition) is 5. The second-order valence-electron chi connectivity index (χ2n) is 7.68. The molecule has 1 aromatic rings. The molecule has 2 saturated heterocycles. The molecule has 0 spiro atoms. The first-order valence-electron chi connectivity index (χ1n) is 10.7. The summed E-state index contributed by atoms with van der Waals surface area (Å²) >= 11 is 0. The Balaban J connectivity index is 1.26. The summed E-state index contributed by atoms with van der Waals surface area (Å²) in [5.41, 5.74) is 0.929. The molecule has 1 aromatic carbocycles. The first-order chi connectivity index (χ1) is 14.6. The van der Waals surface area contributed by atoms with Crippen LogP contribution in [-0.2, 0) is 25.7 Å². The Hall–Kier alpha value is -2.61. The molecule has 2 aliphatic rings. The number of benzene rings is 1. The van der Waals surface area contributed by atoms with E-state index in [2.05, 4.69) is 5.32 Å². The van der Waals surface area contributed by atoms with Crippen LogP contribution in [0.15, 0.2) is 30.3 Å². The first kappa shape index (κ1) is 22.1. The lowest BCUT2D eigenvalue weighted by molar-refractivity contribution is -0.143. The third-order valence-electron chi connectivity index (χ3n) is 5.57. The zero-order valence-corrected chi connectivity index (χ0v) is 17.4. The summed E-state index contributed by atoms with van der Waals surface area (Å²) in [7, 11) is 0. The molecule has 8 nitrogen and oxygen atoms in total. The van der Waals surface area contributed by atoms with Crippen LogP contribution < -0.4 is 5.32 Å². The Morgan fingerprint density at radius 3 is 2.40 bits per heavy atom. The van der Waals surface area contributed by atoms with Crippen LogP contribution in [0.2, 0.25) is 0 Å². The molecule has 0 atom stereocenters. The van der Waals surface area contributed by atoms with Crippen molar-refractivity contribution < 1.29 is 23.9 Å². The van der Waals surface area contributed by atoms with E-state index < -0.39 is 6.09 Å². The molecule has 0 saturated carbocycles. The van der Waals surface area contributed by atoms with Crippen molar-refractivity contribution in [3.8, 4) is 0 Å². The molecule has 30 heavy (non-hydrogen) atoms. The van der Waals surface area contributed by atoms with Gasteiger partial charge in [-0.25, -0.2) is 4.79 Å². The van der Waals surface area contributed by atoms with Crippen LogP contribution in [0.4, 0.5) is 4.79 Å². The van der Waals surface area contributed by atoms with Crippen molar-refractivity contribution in [2.45, 2.75) is 32.3 Å². The molecule has 1 N–H and O–H groups in total.